The van der Waals surface area contributed by atoms with Crippen LogP contribution in [0.2, 0.25) is 0 Å². The zero-order valence-electron chi connectivity index (χ0n) is 18.0. The van der Waals surface area contributed by atoms with Gasteiger partial charge in [-0.1, -0.05) is 6.07 Å². The van der Waals surface area contributed by atoms with Crippen molar-refractivity contribution < 1.29 is 14.3 Å². The summed E-state index contributed by atoms with van der Waals surface area (Å²) in [5.74, 6) is 2.69. The van der Waals surface area contributed by atoms with Gasteiger partial charge in [0.15, 0.2) is 0 Å². The van der Waals surface area contributed by atoms with Gasteiger partial charge in [-0.15, -0.1) is 0 Å². The number of nitrogens with zero attached hydrogens (tertiary/aromatic N) is 3. The van der Waals surface area contributed by atoms with E-state index in [4.69, 9.17) is 9.47 Å². The number of morpholine rings is 1. The van der Waals surface area contributed by atoms with Crippen LogP contribution in [0.3, 0.4) is 0 Å². The van der Waals surface area contributed by atoms with Crippen molar-refractivity contribution in [3.63, 3.8) is 0 Å². The van der Waals surface area contributed by atoms with E-state index in [1.54, 1.807) is 0 Å². The number of nitrogens with one attached hydrogen (secondary N) is 1. The number of pyridine rings is 1. The Bertz CT molecular complexity index is 903. The first kappa shape index (κ1) is 20.3. The molecule has 7 heteroatoms. The average Bonchev–Trinajstić information content (AvgIpc) is 2.83. The number of fused-ring (bicyclic) bond motifs is 3. The van der Waals surface area contributed by atoms with E-state index in [2.05, 4.69) is 27.0 Å². The number of rotatable bonds is 5. The number of anilines is 1. The molecular formula is C24H30N4O3. The second-order valence-corrected chi connectivity index (χ2v) is 8.67. The fraction of sp³-hybridized carbons (Fsp3) is 0.500. The number of benzene rings is 1. The maximum Gasteiger partial charge on any atom is 0.251 e. The van der Waals surface area contributed by atoms with Crippen molar-refractivity contribution in [1.82, 2.24) is 15.2 Å². The van der Waals surface area contributed by atoms with Gasteiger partial charge in [-0.2, -0.15) is 4.98 Å². The zero-order valence-corrected chi connectivity index (χ0v) is 18.0. The molecule has 1 N–H and O–H groups in total. The van der Waals surface area contributed by atoms with E-state index in [0.29, 0.717) is 42.4 Å². The number of hydrogen-bond acceptors (Lipinski definition) is 6. The first-order valence-electron chi connectivity index (χ1n) is 11.3. The van der Waals surface area contributed by atoms with E-state index in [1.807, 2.05) is 42.5 Å². The van der Waals surface area contributed by atoms with Crippen LogP contribution in [0.15, 0.2) is 42.5 Å². The van der Waals surface area contributed by atoms with E-state index in [9.17, 15) is 4.79 Å². The highest BCUT2D eigenvalue weighted by molar-refractivity contribution is 5.94. The van der Waals surface area contributed by atoms with Crippen molar-refractivity contribution in [3.8, 4) is 11.6 Å². The number of ether oxygens (including phenoxy) is 2. The van der Waals surface area contributed by atoms with Crippen LogP contribution < -0.4 is 15.0 Å². The monoisotopic (exact) mass is 422 g/mol. The highest BCUT2D eigenvalue weighted by atomic mass is 16.5. The third kappa shape index (κ3) is 4.38. The Morgan fingerprint density at radius 3 is 2.52 bits per heavy atom. The second kappa shape index (κ2) is 8.85. The molecule has 1 aromatic carbocycles. The molecule has 4 fully saturated rings. The lowest BCUT2D eigenvalue weighted by molar-refractivity contribution is 0.0217. The summed E-state index contributed by atoms with van der Waals surface area (Å²) >= 11 is 0. The molecule has 0 spiro atoms. The lowest BCUT2D eigenvalue weighted by Crippen LogP contribution is -2.62. The highest BCUT2D eigenvalue weighted by Gasteiger charge is 2.40. The van der Waals surface area contributed by atoms with Crippen LogP contribution in [0, 0.1) is 5.92 Å². The maximum absolute atomic E-state index is 12.8. The van der Waals surface area contributed by atoms with Gasteiger partial charge in [-0.05, 0) is 69.1 Å². The Hall–Kier alpha value is -2.64. The molecule has 4 saturated heterocycles. The molecule has 6 rings (SSSR count). The summed E-state index contributed by atoms with van der Waals surface area (Å²) in [5, 5.41) is 3.28. The summed E-state index contributed by atoms with van der Waals surface area (Å²) in [6.45, 7) is 7.64. The van der Waals surface area contributed by atoms with Crippen LogP contribution in [0.5, 0.6) is 11.6 Å². The number of amides is 1. The van der Waals surface area contributed by atoms with Crippen molar-refractivity contribution in [2.24, 2.45) is 5.92 Å². The number of aromatic nitrogens is 1. The average molecular weight is 423 g/mol. The standard InChI is InChI=1S/C24H30N4O3/c1-17-23(18-9-11-27(17)12-10-18)26-24(29)19-5-7-20(8-6-19)31-22-4-2-3-21(25-22)28-13-15-30-16-14-28/h2-8,17-18,23H,9-16H2,1H3,(H,26,29)/t17-,23+/m1/s1. The molecule has 2 atom stereocenters. The molecule has 31 heavy (non-hydrogen) atoms. The number of carbonyl (C=O) groups excluding carboxylic acids is 1. The summed E-state index contributed by atoms with van der Waals surface area (Å²) in [6.07, 6.45) is 2.36. The molecule has 0 unspecified atom stereocenters. The molecule has 164 valence electrons. The van der Waals surface area contributed by atoms with E-state index < -0.39 is 0 Å². The van der Waals surface area contributed by atoms with Crippen LogP contribution in [0.4, 0.5) is 5.82 Å². The lowest BCUT2D eigenvalue weighted by Gasteiger charge is -2.49. The van der Waals surface area contributed by atoms with Crippen molar-refractivity contribution >= 4 is 11.7 Å². The van der Waals surface area contributed by atoms with Gasteiger partial charge in [0.2, 0.25) is 5.88 Å². The molecule has 2 bridgehead atoms. The predicted molar refractivity (Wildman–Crippen MR) is 119 cm³/mol. The number of piperidine rings is 3. The zero-order chi connectivity index (χ0) is 21.2. The molecule has 4 aliphatic rings. The topological polar surface area (TPSA) is 66.9 Å². The first-order valence-corrected chi connectivity index (χ1v) is 11.3. The minimum atomic E-state index is -0.00964. The smallest absolute Gasteiger partial charge is 0.251 e. The van der Waals surface area contributed by atoms with Crippen molar-refractivity contribution in [2.45, 2.75) is 31.8 Å². The lowest BCUT2D eigenvalue weighted by atomic mass is 9.79. The molecule has 5 heterocycles. The Morgan fingerprint density at radius 2 is 1.81 bits per heavy atom. The predicted octanol–water partition coefficient (Wildman–Crippen LogP) is 2.92. The Labute approximate surface area is 183 Å². The minimum Gasteiger partial charge on any atom is -0.439 e. The summed E-state index contributed by atoms with van der Waals surface area (Å²) in [5.41, 5.74) is 0.658. The fourth-order valence-electron chi connectivity index (χ4n) is 5.00. The molecule has 2 aromatic rings. The second-order valence-electron chi connectivity index (χ2n) is 8.67. The van der Waals surface area contributed by atoms with Gasteiger partial charge in [0, 0.05) is 36.8 Å². The molecule has 7 nitrogen and oxygen atoms in total. The van der Waals surface area contributed by atoms with E-state index >= 15 is 0 Å². The quantitative estimate of drug-likeness (QED) is 0.799. The third-order valence-electron chi connectivity index (χ3n) is 6.86. The summed E-state index contributed by atoms with van der Waals surface area (Å²) in [6, 6.07) is 13.7. The van der Waals surface area contributed by atoms with Crippen molar-refractivity contribution in [2.75, 3.05) is 44.3 Å². The molecule has 1 amide bonds. The van der Waals surface area contributed by atoms with Gasteiger partial charge < -0.3 is 19.7 Å². The van der Waals surface area contributed by atoms with E-state index in [0.717, 1.165) is 32.0 Å². The first-order chi connectivity index (χ1) is 15.2. The Kier molecular flexibility index (Phi) is 5.78. The van der Waals surface area contributed by atoms with Gasteiger partial charge in [-0.25, -0.2) is 0 Å². The largest absolute Gasteiger partial charge is 0.439 e. The summed E-state index contributed by atoms with van der Waals surface area (Å²) in [7, 11) is 0. The molecule has 0 radical (unpaired) electrons. The normalized spacial score (nSPS) is 27.7. The van der Waals surface area contributed by atoms with Gasteiger partial charge in [0.05, 0.1) is 13.2 Å². The van der Waals surface area contributed by atoms with Crippen molar-refractivity contribution in [3.05, 3.63) is 48.0 Å². The summed E-state index contributed by atoms with van der Waals surface area (Å²) in [4.78, 5) is 22.1. The Morgan fingerprint density at radius 1 is 1.06 bits per heavy atom. The molecular weight excluding hydrogens is 392 g/mol. The molecule has 4 aliphatic heterocycles. The SMILES string of the molecule is C[C@@H]1[C@H](NC(=O)c2ccc(Oc3cccc(N4CCOCC4)n3)cc2)C2CCN1CC2. The molecule has 1 aromatic heterocycles. The third-order valence-corrected chi connectivity index (χ3v) is 6.86. The molecule has 0 saturated carbocycles. The van der Waals surface area contributed by atoms with Crippen LogP contribution in [-0.2, 0) is 4.74 Å². The van der Waals surface area contributed by atoms with E-state index in [1.165, 1.54) is 12.8 Å². The molecule has 0 aliphatic carbocycles. The van der Waals surface area contributed by atoms with Crippen LogP contribution in [-0.4, -0.2) is 67.3 Å². The van der Waals surface area contributed by atoms with E-state index in [-0.39, 0.29) is 11.9 Å². The van der Waals surface area contributed by atoms with Crippen molar-refractivity contribution in [1.29, 1.82) is 0 Å². The van der Waals surface area contributed by atoms with Gasteiger partial charge in [0.1, 0.15) is 11.6 Å². The summed E-state index contributed by atoms with van der Waals surface area (Å²) < 4.78 is 11.4. The van der Waals surface area contributed by atoms with Gasteiger partial charge in [-0.3, -0.25) is 9.69 Å². The highest BCUT2D eigenvalue weighted by Crippen LogP contribution is 2.32. The van der Waals surface area contributed by atoms with Crippen LogP contribution >= 0.6 is 0 Å². The van der Waals surface area contributed by atoms with Crippen LogP contribution in [0.1, 0.15) is 30.1 Å². The van der Waals surface area contributed by atoms with Crippen LogP contribution in [0.25, 0.3) is 0 Å². The van der Waals surface area contributed by atoms with Gasteiger partial charge >= 0.3 is 0 Å². The number of carbonyl (C=O) groups is 1. The minimum absolute atomic E-state index is 0.00964. The Balaban J connectivity index is 1.22. The number of hydrogen-bond donors (Lipinski definition) is 1. The maximum atomic E-state index is 12.8. The fourth-order valence-corrected chi connectivity index (χ4v) is 5.00. The van der Waals surface area contributed by atoms with Gasteiger partial charge in [0.25, 0.3) is 5.91 Å².